The lowest BCUT2D eigenvalue weighted by molar-refractivity contribution is -0.147. The summed E-state index contributed by atoms with van der Waals surface area (Å²) >= 11 is 0. The SMILES string of the molecule is CCOC1(CNC(=O)N2CCC(C)(C(=O)O)C2)CCCC1. The Morgan fingerprint density at radius 1 is 1.29 bits per heavy atom. The first-order valence-electron chi connectivity index (χ1n) is 7.81. The average molecular weight is 298 g/mol. The van der Waals surface area contributed by atoms with Crippen LogP contribution in [0.1, 0.15) is 46.0 Å². The van der Waals surface area contributed by atoms with E-state index < -0.39 is 11.4 Å². The molecule has 0 bridgehead atoms. The normalized spacial score (nSPS) is 27.8. The number of rotatable bonds is 5. The van der Waals surface area contributed by atoms with Gasteiger partial charge < -0.3 is 20.1 Å². The van der Waals surface area contributed by atoms with Crippen molar-refractivity contribution in [1.29, 1.82) is 0 Å². The minimum atomic E-state index is -0.834. The summed E-state index contributed by atoms with van der Waals surface area (Å²) in [6, 6.07) is -0.175. The van der Waals surface area contributed by atoms with E-state index in [0.717, 1.165) is 25.7 Å². The van der Waals surface area contributed by atoms with Crippen LogP contribution in [0, 0.1) is 5.41 Å². The molecule has 0 aromatic rings. The molecule has 1 saturated carbocycles. The largest absolute Gasteiger partial charge is 0.481 e. The van der Waals surface area contributed by atoms with Gasteiger partial charge in [0.25, 0.3) is 0 Å². The van der Waals surface area contributed by atoms with Crippen molar-refractivity contribution in [3.05, 3.63) is 0 Å². The second-order valence-corrected chi connectivity index (χ2v) is 6.52. The number of nitrogens with zero attached hydrogens (tertiary/aromatic N) is 1. The van der Waals surface area contributed by atoms with Crippen molar-refractivity contribution >= 4 is 12.0 Å². The average Bonchev–Trinajstić information content (AvgIpc) is 3.05. The first-order chi connectivity index (χ1) is 9.91. The zero-order chi connectivity index (χ0) is 15.5. The van der Waals surface area contributed by atoms with Crippen LogP contribution in [-0.2, 0) is 9.53 Å². The van der Waals surface area contributed by atoms with E-state index in [9.17, 15) is 14.7 Å². The van der Waals surface area contributed by atoms with Gasteiger partial charge in [-0.15, -0.1) is 0 Å². The summed E-state index contributed by atoms with van der Waals surface area (Å²) in [5.41, 5.74) is -1.04. The highest BCUT2D eigenvalue weighted by molar-refractivity contribution is 5.79. The number of nitrogens with one attached hydrogen (secondary N) is 1. The lowest BCUT2D eigenvalue weighted by Crippen LogP contribution is -2.48. The number of carboxylic acids is 1. The first-order valence-corrected chi connectivity index (χ1v) is 7.81. The maximum atomic E-state index is 12.2. The number of carbonyl (C=O) groups is 2. The summed E-state index contributed by atoms with van der Waals surface area (Å²) in [7, 11) is 0. The van der Waals surface area contributed by atoms with Crippen molar-refractivity contribution in [2.24, 2.45) is 5.41 Å². The molecule has 2 fully saturated rings. The van der Waals surface area contributed by atoms with Crippen molar-refractivity contribution < 1.29 is 19.4 Å². The van der Waals surface area contributed by atoms with Gasteiger partial charge in [0.15, 0.2) is 0 Å². The van der Waals surface area contributed by atoms with Crippen LogP contribution >= 0.6 is 0 Å². The molecule has 1 unspecified atom stereocenters. The molecule has 0 aromatic heterocycles. The lowest BCUT2D eigenvalue weighted by atomic mass is 9.90. The molecule has 0 aromatic carbocycles. The molecule has 0 radical (unpaired) electrons. The molecule has 1 aliphatic carbocycles. The number of carbonyl (C=O) groups excluding carboxylic acids is 1. The molecule has 1 heterocycles. The molecule has 0 spiro atoms. The van der Waals surface area contributed by atoms with E-state index in [1.807, 2.05) is 6.92 Å². The minimum absolute atomic E-state index is 0.175. The Morgan fingerprint density at radius 3 is 2.48 bits per heavy atom. The number of likely N-dealkylation sites (tertiary alicyclic amines) is 1. The summed E-state index contributed by atoms with van der Waals surface area (Å²) in [5, 5.41) is 12.1. The zero-order valence-electron chi connectivity index (χ0n) is 13.0. The third-order valence-electron chi connectivity index (χ3n) is 4.80. The molecule has 2 amide bonds. The van der Waals surface area contributed by atoms with Crippen LogP contribution in [-0.4, -0.2) is 53.8 Å². The zero-order valence-corrected chi connectivity index (χ0v) is 13.0. The molecule has 120 valence electrons. The fraction of sp³-hybridized carbons (Fsp3) is 0.867. The van der Waals surface area contributed by atoms with E-state index in [2.05, 4.69) is 5.32 Å². The van der Waals surface area contributed by atoms with Crippen molar-refractivity contribution in [1.82, 2.24) is 10.2 Å². The fourth-order valence-corrected chi connectivity index (χ4v) is 3.36. The maximum absolute atomic E-state index is 12.2. The van der Waals surface area contributed by atoms with Gasteiger partial charge in [-0.05, 0) is 33.1 Å². The van der Waals surface area contributed by atoms with Crippen molar-refractivity contribution in [2.45, 2.75) is 51.6 Å². The van der Waals surface area contributed by atoms with Crippen LogP contribution in [0.15, 0.2) is 0 Å². The highest BCUT2D eigenvalue weighted by atomic mass is 16.5. The molecule has 2 rings (SSSR count). The van der Waals surface area contributed by atoms with Gasteiger partial charge in [-0.1, -0.05) is 12.8 Å². The van der Waals surface area contributed by atoms with Gasteiger partial charge >= 0.3 is 12.0 Å². The standard InChI is InChI=1S/C15H26N2O4/c1-3-21-15(6-4-5-7-15)10-16-13(20)17-9-8-14(2,11-17)12(18)19/h3-11H2,1-2H3,(H,16,20)(H,18,19). The van der Waals surface area contributed by atoms with E-state index in [0.29, 0.717) is 26.1 Å². The van der Waals surface area contributed by atoms with E-state index in [4.69, 9.17) is 4.74 Å². The Balaban J connectivity index is 1.86. The van der Waals surface area contributed by atoms with Crippen LogP contribution in [0.4, 0.5) is 4.79 Å². The van der Waals surface area contributed by atoms with Gasteiger partial charge in [0, 0.05) is 26.2 Å². The number of urea groups is 1. The van der Waals surface area contributed by atoms with Gasteiger partial charge in [-0.25, -0.2) is 4.79 Å². The molecular formula is C15H26N2O4. The fourth-order valence-electron chi connectivity index (χ4n) is 3.36. The Hall–Kier alpha value is -1.30. The molecule has 6 nitrogen and oxygen atoms in total. The van der Waals surface area contributed by atoms with Crippen LogP contribution in [0.25, 0.3) is 0 Å². The van der Waals surface area contributed by atoms with Crippen LogP contribution in [0.5, 0.6) is 0 Å². The summed E-state index contributed by atoms with van der Waals surface area (Å²) in [6.07, 6.45) is 4.74. The van der Waals surface area contributed by atoms with Crippen molar-refractivity contribution in [3.8, 4) is 0 Å². The molecule has 6 heteroatoms. The van der Waals surface area contributed by atoms with Gasteiger partial charge in [-0.3, -0.25) is 4.79 Å². The third kappa shape index (κ3) is 3.48. The van der Waals surface area contributed by atoms with Crippen molar-refractivity contribution in [2.75, 3.05) is 26.2 Å². The second kappa shape index (κ2) is 6.22. The number of hydrogen-bond acceptors (Lipinski definition) is 3. The third-order valence-corrected chi connectivity index (χ3v) is 4.80. The van der Waals surface area contributed by atoms with Crippen LogP contribution in [0.2, 0.25) is 0 Å². The second-order valence-electron chi connectivity index (χ2n) is 6.52. The topological polar surface area (TPSA) is 78.9 Å². The summed E-state index contributed by atoms with van der Waals surface area (Å²) in [4.78, 5) is 25.0. The first kappa shape index (κ1) is 16.1. The highest BCUT2D eigenvalue weighted by Gasteiger charge is 2.42. The molecule has 1 aliphatic heterocycles. The predicted molar refractivity (Wildman–Crippen MR) is 78.2 cm³/mol. The Morgan fingerprint density at radius 2 is 1.95 bits per heavy atom. The summed E-state index contributed by atoms with van der Waals surface area (Å²) < 4.78 is 5.86. The molecular weight excluding hydrogens is 272 g/mol. The minimum Gasteiger partial charge on any atom is -0.481 e. The van der Waals surface area contributed by atoms with Gasteiger partial charge in [0.1, 0.15) is 0 Å². The highest BCUT2D eigenvalue weighted by Crippen LogP contribution is 2.33. The number of ether oxygens (including phenoxy) is 1. The number of hydrogen-bond donors (Lipinski definition) is 2. The lowest BCUT2D eigenvalue weighted by Gasteiger charge is -2.30. The van der Waals surface area contributed by atoms with Crippen molar-refractivity contribution in [3.63, 3.8) is 0 Å². The van der Waals surface area contributed by atoms with Crippen LogP contribution < -0.4 is 5.32 Å². The van der Waals surface area contributed by atoms with E-state index in [1.165, 1.54) is 0 Å². The summed E-state index contributed by atoms with van der Waals surface area (Å²) in [5.74, 6) is -0.834. The smallest absolute Gasteiger partial charge is 0.317 e. The van der Waals surface area contributed by atoms with E-state index in [-0.39, 0.29) is 18.2 Å². The predicted octanol–water partition coefficient (Wildman–Crippen LogP) is 1.84. The van der Waals surface area contributed by atoms with Gasteiger partial charge in [0.2, 0.25) is 0 Å². The number of aliphatic carboxylic acids is 1. The molecule has 2 aliphatic rings. The Labute approximate surface area is 125 Å². The monoisotopic (exact) mass is 298 g/mol. The molecule has 21 heavy (non-hydrogen) atoms. The van der Waals surface area contributed by atoms with Gasteiger partial charge in [-0.2, -0.15) is 0 Å². The maximum Gasteiger partial charge on any atom is 0.317 e. The molecule has 1 atom stereocenters. The number of amides is 2. The van der Waals surface area contributed by atoms with Gasteiger partial charge in [0.05, 0.1) is 11.0 Å². The van der Waals surface area contributed by atoms with E-state index >= 15 is 0 Å². The number of carboxylic acid groups (broad SMARTS) is 1. The molecule has 1 saturated heterocycles. The molecule has 2 N–H and O–H groups in total. The Bertz CT molecular complexity index is 406. The van der Waals surface area contributed by atoms with Crippen LogP contribution in [0.3, 0.4) is 0 Å². The Kier molecular flexibility index (Phi) is 4.76. The van der Waals surface area contributed by atoms with E-state index in [1.54, 1.807) is 11.8 Å². The quantitative estimate of drug-likeness (QED) is 0.812. The summed E-state index contributed by atoms with van der Waals surface area (Å²) in [6.45, 7) is 5.60.